The largest absolute Gasteiger partial charge is 0.405 e. The molecule has 10 heteroatoms. The van der Waals surface area contributed by atoms with Crippen LogP contribution in [0.25, 0.3) is 0 Å². The van der Waals surface area contributed by atoms with Gasteiger partial charge in [0, 0.05) is 12.6 Å². The van der Waals surface area contributed by atoms with Gasteiger partial charge in [-0.3, -0.25) is 14.9 Å². The van der Waals surface area contributed by atoms with Gasteiger partial charge in [-0.2, -0.15) is 13.2 Å². The Morgan fingerprint density at radius 3 is 2.67 bits per heavy atom. The number of nitrogens with zero attached hydrogens (tertiary/aromatic N) is 2. The van der Waals surface area contributed by atoms with Gasteiger partial charge >= 0.3 is 6.18 Å². The first kappa shape index (κ1) is 16.7. The normalized spacial score (nSPS) is 11.0. The van der Waals surface area contributed by atoms with Crippen LogP contribution in [0.15, 0.2) is 12.3 Å². The van der Waals surface area contributed by atoms with Crippen molar-refractivity contribution in [3.8, 4) is 0 Å². The Kier molecular flexibility index (Phi) is 5.44. The van der Waals surface area contributed by atoms with Crippen LogP contribution in [0.1, 0.15) is 23.7 Å². The van der Waals surface area contributed by atoms with Crippen LogP contribution >= 0.6 is 0 Å². The summed E-state index contributed by atoms with van der Waals surface area (Å²) in [6.07, 6.45) is -3.02. The summed E-state index contributed by atoms with van der Waals surface area (Å²) in [5.74, 6) is -0.999. The molecule has 0 radical (unpaired) electrons. The number of nitrogens with one attached hydrogen (secondary N) is 2. The number of rotatable bonds is 6. The van der Waals surface area contributed by atoms with Crippen LogP contribution < -0.4 is 10.6 Å². The lowest BCUT2D eigenvalue weighted by Gasteiger charge is -2.10. The summed E-state index contributed by atoms with van der Waals surface area (Å²) in [4.78, 5) is 25.3. The highest BCUT2D eigenvalue weighted by Gasteiger charge is 2.30. The molecule has 116 valence electrons. The number of halogens is 3. The van der Waals surface area contributed by atoms with Crippen molar-refractivity contribution in [1.82, 2.24) is 10.3 Å². The minimum Gasteiger partial charge on any atom is -0.370 e. The van der Waals surface area contributed by atoms with Crippen LogP contribution in [0.3, 0.4) is 0 Å². The third-order valence-corrected chi connectivity index (χ3v) is 2.33. The van der Waals surface area contributed by atoms with E-state index in [0.717, 1.165) is 18.7 Å². The van der Waals surface area contributed by atoms with Crippen LogP contribution in [0.2, 0.25) is 0 Å². The fraction of sp³-hybridized carbons (Fsp3) is 0.455. The van der Waals surface area contributed by atoms with Crippen LogP contribution in [0, 0.1) is 10.1 Å². The zero-order valence-electron chi connectivity index (χ0n) is 11.0. The van der Waals surface area contributed by atoms with Crippen LogP contribution in [-0.2, 0) is 0 Å². The molecule has 0 aliphatic heterocycles. The Bertz CT molecular complexity index is 534. The molecule has 0 saturated carbocycles. The van der Waals surface area contributed by atoms with Crippen molar-refractivity contribution in [2.75, 3.05) is 18.4 Å². The van der Waals surface area contributed by atoms with Gasteiger partial charge in [0.05, 0.1) is 4.92 Å². The van der Waals surface area contributed by atoms with Crippen molar-refractivity contribution in [3.05, 3.63) is 27.9 Å². The number of aromatic nitrogens is 1. The van der Waals surface area contributed by atoms with Crippen molar-refractivity contribution >= 4 is 17.4 Å². The summed E-state index contributed by atoms with van der Waals surface area (Å²) in [5.41, 5.74) is -1.13. The number of carbonyl (C=O) groups is 1. The molecular formula is C11H13F3N4O3. The molecule has 0 bridgehead atoms. The highest BCUT2D eigenvalue weighted by atomic mass is 19.4. The van der Waals surface area contributed by atoms with E-state index in [1.165, 1.54) is 0 Å². The number of hydrogen-bond acceptors (Lipinski definition) is 5. The maximum atomic E-state index is 12.1. The first-order chi connectivity index (χ1) is 9.74. The predicted octanol–water partition coefficient (Wildman–Crippen LogP) is 2.10. The van der Waals surface area contributed by atoms with Gasteiger partial charge in [-0.15, -0.1) is 0 Å². The van der Waals surface area contributed by atoms with E-state index in [1.807, 2.05) is 6.92 Å². The Morgan fingerprint density at radius 1 is 1.48 bits per heavy atom. The van der Waals surface area contributed by atoms with Gasteiger partial charge in [0.15, 0.2) is 0 Å². The molecule has 1 heterocycles. The Balaban J connectivity index is 2.99. The molecule has 1 aromatic heterocycles. The molecule has 0 aromatic carbocycles. The van der Waals surface area contributed by atoms with Crippen LogP contribution in [0.5, 0.6) is 0 Å². The number of anilines is 1. The van der Waals surface area contributed by atoms with E-state index in [1.54, 1.807) is 5.32 Å². The lowest BCUT2D eigenvalue weighted by molar-refractivity contribution is -0.385. The second kappa shape index (κ2) is 6.86. The van der Waals surface area contributed by atoms with E-state index in [0.29, 0.717) is 6.54 Å². The monoisotopic (exact) mass is 306 g/mol. The fourth-order valence-electron chi connectivity index (χ4n) is 1.40. The number of carbonyl (C=O) groups excluding carboxylic acids is 1. The van der Waals surface area contributed by atoms with Crippen molar-refractivity contribution in [1.29, 1.82) is 0 Å². The molecule has 0 saturated heterocycles. The molecule has 1 rings (SSSR count). The van der Waals surface area contributed by atoms with E-state index in [-0.39, 0.29) is 5.82 Å². The van der Waals surface area contributed by atoms with Gasteiger partial charge in [-0.05, 0) is 6.42 Å². The topological polar surface area (TPSA) is 97.2 Å². The molecular weight excluding hydrogens is 293 g/mol. The second-order valence-corrected chi connectivity index (χ2v) is 4.07. The lowest BCUT2D eigenvalue weighted by Crippen LogP contribution is -2.34. The van der Waals surface area contributed by atoms with Crippen LogP contribution in [0.4, 0.5) is 24.7 Å². The zero-order valence-corrected chi connectivity index (χ0v) is 11.0. The summed E-state index contributed by atoms with van der Waals surface area (Å²) in [5, 5.41) is 15.2. The molecule has 0 unspecified atom stereocenters. The summed E-state index contributed by atoms with van der Waals surface area (Å²) >= 11 is 0. The third kappa shape index (κ3) is 5.24. The van der Waals surface area contributed by atoms with Gasteiger partial charge in [0.25, 0.3) is 11.6 Å². The van der Waals surface area contributed by atoms with Crippen molar-refractivity contribution in [2.45, 2.75) is 19.5 Å². The number of alkyl halides is 3. The minimum atomic E-state index is -4.60. The fourth-order valence-corrected chi connectivity index (χ4v) is 1.40. The van der Waals surface area contributed by atoms with Crippen LogP contribution in [-0.4, -0.2) is 35.1 Å². The molecule has 0 aliphatic rings. The maximum Gasteiger partial charge on any atom is 0.405 e. The minimum absolute atomic E-state index is 0.180. The number of pyridine rings is 1. The summed E-state index contributed by atoms with van der Waals surface area (Å²) in [7, 11) is 0. The lowest BCUT2D eigenvalue weighted by atomic mass is 10.2. The number of nitro groups is 1. The van der Waals surface area contributed by atoms with Gasteiger partial charge in [-0.25, -0.2) is 4.98 Å². The number of amides is 1. The highest BCUT2D eigenvalue weighted by Crippen LogP contribution is 2.21. The van der Waals surface area contributed by atoms with Gasteiger partial charge in [0.1, 0.15) is 24.1 Å². The Labute approximate surface area is 117 Å². The standard InChI is InChI=1S/C11H13F3N4O3/c1-2-3-15-9-4-7(8(5-16-9)18(20)21)10(19)17-6-11(12,13)14/h4-5H,2-3,6H2,1H3,(H,15,16)(H,17,19). The average molecular weight is 306 g/mol. The van der Waals surface area contributed by atoms with E-state index < -0.39 is 34.8 Å². The third-order valence-electron chi connectivity index (χ3n) is 2.33. The molecule has 1 aromatic rings. The average Bonchev–Trinajstić information content (AvgIpc) is 2.41. The maximum absolute atomic E-state index is 12.1. The van der Waals surface area contributed by atoms with E-state index in [9.17, 15) is 28.1 Å². The van der Waals surface area contributed by atoms with Crippen molar-refractivity contribution < 1.29 is 22.9 Å². The molecule has 2 N–H and O–H groups in total. The van der Waals surface area contributed by atoms with Gasteiger partial charge < -0.3 is 10.6 Å². The van der Waals surface area contributed by atoms with Crippen molar-refractivity contribution in [3.63, 3.8) is 0 Å². The summed E-state index contributed by atoms with van der Waals surface area (Å²) in [6, 6.07) is 1.06. The van der Waals surface area contributed by atoms with Gasteiger partial charge in [-0.1, -0.05) is 6.92 Å². The quantitative estimate of drug-likeness (QED) is 0.619. The van der Waals surface area contributed by atoms with E-state index in [2.05, 4.69) is 10.3 Å². The zero-order chi connectivity index (χ0) is 16.0. The predicted molar refractivity (Wildman–Crippen MR) is 68.1 cm³/mol. The molecule has 0 aliphatic carbocycles. The second-order valence-electron chi connectivity index (χ2n) is 4.07. The molecule has 21 heavy (non-hydrogen) atoms. The Hall–Kier alpha value is -2.39. The van der Waals surface area contributed by atoms with E-state index >= 15 is 0 Å². The first-order valence-electron chi connectivity index (χ1n) is 5.98. The first-order valence-corrected chi connectivity index (χ1v) is 5.98. The molecule has 7 nitrogen and oxygen atoms in total. The van der Waals surface area contributed by atoms with E-state index in [4.69, 9.17) is 0 Å². The summed E-state index contributed by atoms with van der Waals surface area (Å²) < 4.78 is 36.2. The molecule has 0 atom stereocenters. The smallest absolute Gasteiger partial charge is 0.370 e. The molecule has 0 fully saturated rings. The Morgan fingerprint density at radius 2 is 2.14 bits per heavy atom. The number of hydrogen-bond donors (Lipinski definition) is 2. The highest BCUT2D eigenvalue weighted by molar-refractivity contribution is 5.98. The van der Waals surface area contributed by atoms with Crippen molar-refractivity contribution in [2.24, 2.45) is 0 Å². The SMILES string of the molecule is CCCNc1cc(C(=O)NCC(F)(F)F)c([N+](=O)[O-])cn1. The summed E-state index contributed by atoms with van der Waals surface area (Å²) in [6.45, 7) is 0.812. The molecule has 1 amide bonds. The van der Waals surface area contributed by atoms with Gasteiger partial charge in [0.2, 0.25) is 0 Å². The molecule has 0 spiro atoms.